The first-order chi connectivity index (χ1) is 19.6. The summed E-state index contributed by atoms with van der Waals surface area (Å²) in [6, 6.07) is 8.61. The van der Waals surface area contributed by atoms with E-state index in [2.05, 4.69) is 20.5 Å². The van der Waals surface area contributed by atoms with Gasteiger partial charge in [0.2, 0.25) is 0 Å². The quantitative estimate of drug-likeness (QED) is 0.222. The van der Waals surface area contributed by atoms with Crippen LogP contribution < -0.4 is 10.6 Å². The van der Waals surface area contributed by atoms with Crippen molar-refractivity contribution < 1.29 is 18.7 Å². The summed E-state index contributed by atoms with van der Waals surface area (Å²) in [5, 5.41) is 5.76. The maximum atomic E-state index is 15.0. The lowest BCUT2D eigenvalue weighted by atomic mass is 10.1. The van der Waals surface area contributed by atoms with Crippen LogP contribution in [0.5, 0.6) is 0 Å². The molecule has 4 aromatic rings. The second-order valence-corrected chi connectivity index (χ2v) is 12.8. The molecule has 1 saturated heterocycles. The Morgan fingerprint density at radius 2 is 1.90 bits per heavy atom. The number of aromatic nitrogens is 2. The molecule has 1 aliphatic rings. The van der Waals surface area contributed by atoms with E-state index in [1.54, 1.807) is 26.8 Å². The van der Waals surface area contributed by atoms with Crippen LogP contribution in [0.4, 0.5) is 9.18 Å². The molecular formula is C30H35ClFN5O3S. The molecule has 2 amide bonds. The molecule has 2 N–H and O–H groups in total. The second-order valence-electron chi connectivity index (χ2n) is 11.3. The molecule has 0 spiro atoms. The van der Waals surface area contributed by atoms with Crippen LogP contribution in [0.2, 0.25) is 5.02 Å². The van der Waals surface area contributed by atoms with E-state index in [4.69, 9.17) is 16.3 Å². The number of fused-ring (bicyclic) bond motifs is 3. The smallest absolute Gasteiger partial charge is 0.407 e. The van der Waals surface area contributed by atoms with Crippen molar-refractivity contribution in [3.8, 4) is 11.3 Å². The first kappa shape index (κ1) is 29.3. The Bertz CT molecular complexity index is 1550. The van der Waals surface area contributed by atoms with Crippen LogP contribution in [0.15, 0.2) is 36.5 Å². The van der Waals surface area contributed by atoms with E-state index < -0.39 is 17.5 Å². The first-order valence-corrected chi connectivity index (χ1v) is 15.1. The molecule has 0 atom stereocenters. The Morgan fingerprint density at radius 3 is 2.63 bits per heavy atom. The lowest BCUT2D eigenvalue weighted by molar-refractivity contribution is 0.0523. The maximum absolute atomic E-state index is 15.0. The van der Waals surface area contributed by atoms with Gasteiger partial charge in [0.15, 0.2) is 4.96 Å². The van der Waals surface area contributed by atoms with Crippen molar-refractivity contribution in [2.24, 2.45) is 0 Å². The van der Waals surface area contributed by atoms with Crippen LogP contribution >= 0.6 is 22.9 Å². The van der Waals surface area contributed by atoms with Crippen molar-refractivity contribution >= 4 is 50.1 Å². The molecule has 1 aliphatic heterocycles. The summed E-state index contributed by atoms with van der Waals surface area (Å²) < 4.78 is 23.1. The largest absolute Gasteiger partial charge is 0.444 e. The number of thiazole rings is 1. The monoisotopic (exact) mass is 599 g/mol. The third-order valence-corrected chi connectivity index (χ3v) is 8.34. The highest BCUT2D eigenvalue weighted by atomic mass is 35.5. The van der Waals surface area contributed by atoms with Crippen LogP contribution in [0.3, 0.4) is 0 Å². The van der Waals surface area contributed by atoms with Crippen molar-refractivity contribution in [2.45, 2.75) is 58.6 Å². The molecule has 0 saturated carbocycles. The van der Waals surface area contributed by atoms with Gasteiger partial charge in [0.25, 0.3) is 5.91 Å². The lowest BCUT2D eigenvalue weighted by Crippen LogP contribution is -2.33. The minimum atomic E-state index is -0.658. The standard InChI is InChI=1S/C30H35ClFN5O3S/c1-30(2,3)40-29(39)34-17-21-22(31)14-20(15-23(21)32)24-18-37-25-9-8-19(16-26(25)41-28(37)35-24)27(38)33-10-7-13-36-11-5-4-6-12-36/h8-9,14-16,18H,4-7,10-13,17H2,1-3H3,(H,33,38)(H,34,39). The number of alkyl carbamates (subject to hydrolysis) is 1. The SMILES string of the molecule is CC(C)(C)OC(=O)NCc1c(F)cc(-c2cn3c(n2)sc2cc(C(=O)NCCCN4CCCCC4)ccc23)cc1Cl. The third kappa shape index (κ3) is 7.17. The van der Waals surface area contributed by atoms with Crippen LogP contribution in [-0.4, -0.2) is 58.1 Å². The van der Waals surface area contributed by atoms with Crippen LogP contribution in [0, 0.1) is 5.82 Å². The molecule has 0 bridgehead atoms. The van der Waals surface area contributed by atoms with Gasteiger partial charge in [-0.1, -0.05) is 29.4 Å². The number of nitrogens with one attached hydrogen (secondary N) is 2. The maximum Gasteiger partial charge on any atom is 0.407 e. The molecule has 218 valence electrons. The van der Waals surface area contributed by atoms with Gasteiger partial charge >= 0.3 is 6.09 Å². The van der Waals surface area contributed by atoms with E-state index in [1.807, 2.05) is 28.8 Å². The topological polar surface area (TPSA) is 88.0 Å². The van der Waals surface area contributed by atoms with Gasteiger partial charge in [-0.3, -0.25) is 9.20 Å². The summed E-state index contributed by atoms with van der Waals surface area (Å²) in [7, 11) is 0. The van der Waals surface area contributed by atoms with Gasteiger partial charge in [0.05, 0.1) is 22.5 Å². The number of piperidine rings is 1. The Hall–Kier alpha value is -3.21. The fourth-order valence-corrected chi connectivity index (χ4v) is 6.29. The van der Waals surface area contributed by atoms with Crippen molar-refractivity contribution in [3.63, 3.8) is 0 Å². The minimum Gasteiger partial charge on any atom is -0.444 e. The normalized spacial score (nSPS) is 14.5. The van der Waals surface area contributed by atoms with Gasteiger partial charge in [-0.2, -0.15) is 0 Å². The Kier molecular flexibility index (Phi) is 8.82. The highest BCUT2D eigenvalue weighted by molar-refractivity contribution is 7.23. The minimum absolute atomic E-state index is 0.0800. The molecule has 2 aromatic heterocycles. The van der Waals surface area contributed by atoms with Gasteiger partial charge in [0.1, 0.15) is 11.4 Å². The van der Waals surface area contributed by atoms with Crippen molar-refractivity contribution in [2.75, 3.05) is 26.2 Å². The summed E-state index contributed by atoms with van der Waals surface area (Å²) >= 11 is 7.86. The molecule has 2 aromatic carbocycles. The third-order valence-electron chi connectivity index (χ3n) is 6.99. The molecule has 0 unspecified atom stereocenters. The van der Waals surface area contributed by atoms with E-state index in [0.717, 1.165) is 41.2 Å². The van der Waals surface area contributed by atoms with Gasteiger partial charge in [-0.25, -0.2) is 14.2 Å². The van der Waals surface area contributed by atoms with E-state index in [9.17, 15) is 14.0 Å². The molecule has 0 radical (unpaired) electrons. The second kappa shape index (κ2) is 12.3. The van der Waals surface area contributed by atoms with Crippen molar-refractivity contribution in [1.29, 1.82) is 0 Å². The predicted molar refractivity (Wildman–Crippen MR) is 161 cm³/mol. The van der Waals surface area contributed by atoms with Crippen LogP contribution in [-0.2, 0) is 11.3 Å². The lowest BCUT2D eigenvalue weighted by Gasteiger charge is -2.26. The van der Waals surface area contributed by atoms with E-state index in [0.29, 0.717) is 23.4 Å². The zero-order chi connectivity index (χ0) is 29.1. The number of hydrogen-bond donors (Lipinski definition) is 2. The average Bonchev–Trinajstić information content (AvgIpc) is 3.48. The summed E-state index contributed by atoms with van der Waals surface area (Å²) in [6.07, 6.45) is 5.98. The molecule has 41 heavy (non-hydrogen) atoms. The average molecular weight is 600 g/mol. The zero-order valence-electron chi connectivity index (χ0n) is 23.6. The molecule has 3 heterocycles. The number of benzene rings is 2. The highest BCUT2D eigenvalue weighted by Gasteiger charge is 2.19. The van der Waals surface area contributed by atoms with Crippen molar-refractivity contribution in [1.82, 2.24) is 24.9 Å². The number of likely N-dealkylation sites (tertiary alicyclic amines) is 1. The number of amides is 2. The number of halogens is 2. The molecule has 11 heteroatoms. The van der Waals surface area contributed by atoms with Crippen LogP contribution in [0.1, 0.15) is 62.4 Å². The fraction of sp³-hybridized carbons (Fsp3) is 0.433. The van der Waals surface area contributed by atoms with Gasteiger partial charge in [-0.05, 0) is 90.0 Å². The summed E-state index contributed by atoms with van der Waals surface area (Å²) in [6.45, 7) is 9.15. The number of imidazole rings is 1. The van der Waals surface area contributed by atoms with Gasteiger partial charge < -0.3 is 20.3 Å². The molecule has 8 nitrogen and oxygen atoms in total. The summed E-state index contributed by atoms with van der Waals surface area (Å²) in [5.41, 5.74) is 2.14. The van der Waals surface area contributed by atoms with Gasteiger partial charge in [-0.15, -0.1) is 0 Å². The number of rotatable bonds is 8. The summed E-state index contributed by atoms with van der Waals surface area (Å²) in [4.78, 5) is 32.6. The van der Waals surface area contributed by atoms with E-state index in [1.165, 1.54) is 36.7 Å². The molecule has 5 rings (SSSR count). The Balaban J connectivity index is 1.24. The fourth-order valence-electron chi connectivity index (χ4n) is 4.97. The summed E-state index contributed by atoms with van der Waals surface area (Å²) in [5.74, 6) is -0.625. The number of carbonyl (C=O) groups is 2. The number of carbonyl (C=O) groups excluding carboxylic acids is 2. The number of hydrogen-bond acceptors (Lipinski definition) is 6. The van der Waals surface area contributed by atoms with E-state index in [-0.39, 0.29) is 23.0 Å². The molecule has 0 aliphatic carbocycles. The molecule has 1 fully saturated rings. The first-order valence-electron chi connectivity index (χ1n) is 13.9. The zero-order valence-corrected chi connectivity index (χ0v) is 25.1. The Morgan fingerprint density at radius 1 is 1.12 bits per heavy atom. The van der Waals surface area contributed by atoms with E-state index >= 15 is 0 Å². The molecular weight excluding hydrogens is 565 g/mol. The number of nitrogens with zero attached hydrogens (tertiary/aromatic N) is 3. The van der Waals surface area contributed by atoms with Crippen molar-refractivity contribution in [3.05, 3.63) is 58.5 Å². The Labute approximate surface area is 247 Å². The predicted octanol–water partition coefficient (Wildman–Crippen LogP) is 6.64. The van der Waals surface area contributed by atoms with Crippen LogP contribution in [0.25, 0.3) is 26.4 Å². The van der Waals surface area contributed by atoms with Gasteiger partial charge in [0, 0.05) is 34.5 Å². The number of ether oxygens (including phenoxy) is 1. The highest BCUT2D eigenvalue weighted by Crippen LogP contribution is 2.32.